The van der Waals surface area contributed by atoms with Gasteiger partial charge in [-0.25, -0.2) is 0 Å². The van der Waals surface area contributed by atoms with E-state index in [2.05, 4.69) is 128 Å². The van der Waals surface area contributed by atoms with E-state index in [0.29, 0.717) is 0 Å². The molecule has 0 unspecified atom stereocenters. The maximum absolute atomic E-state index is 3.76. The van der Waals surface area contributed by atoms with Gasteiger partial charge in [0.25, 0.3) is 0 Å². The van der Waals surface area contributed by atoms with Gasteiger partial charge in [-0.05, 0) is 62.4 Å². The molecule has 5 aromatic carbocycles. The number of benzene rings is 5. The van der Waals surface area contributed by atoms with Crippen molar-refractivity contribution in [3.63, 3.8) is 0 Å². The van der Waals surface area contributed by atoms with Crippen LogP contribution in [0.25, 0.3) is 32.3 Å². The number of nitrogens with one attached hydrogen (secondary N) is 1. The van der Waals surface area contributed by atoms with Crippen molar-refractivity contribution in [2.24, 2.45) is 0 Å². The molecule has 0 saturated carbocycles. The van der Waals surface area contributed by atoms with Gasteiger partial charge in [-0.3, -0.25) is 10.0 Å². The van der Waals surface area contributed by atoms with Crippen LogP contribution in [0.5, 0.6) is 0 Å². The molecule has 5 aromatic rings. The lowest BCUT2D eigenvalue weighted by Crippen LogP contribution is -2.40. The van der Waals surface area contributed by atoms with Crippen molar-refractivity contribution in [3.8, 4) is 0 Å². The normalized spacial score (nSPS) is 14.2. The Kier molecular flexibility index (Phi) is 7.42. The fraction of sp³-hybridized carbons (Fsp3) is 0.351. The summed E-state index contributed by atoms with van der Waals surface area (Å²) in [6, 6.07) is 29.4. The highest BCUT2D eigenvalue weighted by molar-refractivity contribution is 6.25. The van der Waals surface area contributed by atoms with E-state index in [1.807, 2.05) is 0 Å². The Bertz CT molecular complexity index is 1610. The minimum atomic E-state index is 0.166. The van der Waals surface area contributed by atoms with E-state index in [9.17, 15) is 0 Å². The highest BCUT2D eigenvalue weighted by atomic mass is 15.8. The molecular formula is C37H43N3. The Morgan fingerprint density at radius 2 is 1.32 bits per heavy atom. The third-order valence-electron chi connectivity index (χ3n) is 8.57. The van der Waals surface area contributed by atoms with Gasteiger partial charge in [0.05, 0.1) is 12.2 Å². The number of hydrogen-bond donors (Lipinski definition) is 1. The van der Waals surface area contributed by atoms with Gasteiger partial charge in [0.15, 0.2) is 0 Å². The Morgan fingerprint density at radius 3 is 2.05 bits per heavy atom. The molecule has 3 nitrogen and oxygen atoms in total. The van der Waals surface area contributed by atoms with Crippen molar-refractivity contribution in [2.45, 2.75) is 84.6 Å². The van der Waals surface area contributed by atoms with Gasteiger partial charge in [-0.15, -0.1) is 5.53 Å². The van der Waals surface area contributed by atoms with E-state index < -0.39 is 0 Å². The van der Waals surface area contributed by atoms with Gasteiger partial charge in [0.1, 0.15) is 0 Å². The summed E-state index contributed by atoms with van der Waals surface area (Å²) in [5, 5.41) is 12.5. The zero-order chi connectivity index (χ0) is 27.7. The Balaban J connectivity index is 1.30. The lowest BCUT2D eigenvalue weighted by atomic mass is 9.87. The number of rotatable bonds is 10. The number of hydrazine groups is 2. The average molecular weight is 530 g/mol. The maximum atomic E-state index is 3.76. The summed E-state index contributed by atoms with van der Waals surface area (Å²) in [4.78, 5) is 0. The molecule has 0 fully saturated rings. The van der Waals surface area contributed by atoms with Gasteiger partial charge in [-0.1, -0.05) is 133 Å². The zero-order valence-electron chi connectivity index (χ0n) is 24.6. The molecule has 40 heavy (non-hydrogen) atoms. The Labute approximate surface area is 239 Å². The summed E-state index contributed by atoms with van der Waals surface area (Å²) < 4.78 is 0. The van der Waals surface area contributed by atoms with Crippen molar-refractivity contribution in [1.82, 2.24) is 10.5 Å². The smallest absolute Gasteiger partial charge is 0.0668 e. The molecule has 0 radical (unpaired) electrons. The van der Waals surface area contributed by atoms with E-state index >= 15 is 0 Å². The lowest BCUT2D eigenvalue weighted by molar-refractivity contribution is 0.254. The summed E-state index contributed by atoms with van der Waals surface area (Å²) in [5.74, 6) is 0. The van der Waals surface area contributed by atoms with E-state index in [0.717, 1.165) is 13.0 Å². The van der Waals surface area contributed by atoms with Crippen molar-refractivity contribution in [3.05, 3.63) is 102 Å². The van der Waals surface area contributed by atoms with Gasteiger partial charge in [-0.2, -0.15) is 0 Å². The quantitative estimate of drug-likeness (QED) is 0.143. The molecule has 0 aliphatic carbocycles. The fourth-order valence-corrected chi connectivity index (χ4v) is 6.21. The van der Waals surface area contributed by atoms with Crippen molar-refractivity contribution in [2.75, 3.05) is 5.01 Å². The first-order valence-electron chi connectivity index (χ1n) is 15.2. The van der Waals surface area contributed by atoms with Crippen LogP contribution >= 0.6 is 0 Å². The number of unbranched alkanes of at least 4 members (excludes halogenated alkanes) is 5. The standard InChI is InChI=1S/C37H43N3/c1-5-6-7-8-9-10-14-32-26-40(38-39(32)25-27-15-21-31(22-16-27)37(2,3)4)34-24-20-30-18-17-28-12-11-13-29-19-23-33(34)36(30)35(28)29/h11-13,15-24,26,38H,5-10,14,25H2,1-4H3. The molecule has 0 aromatic heterocycles. The summed E-state index contributed by atoms with van der Waals surface area (Å²) in [6.45, 7) is 9.96. The van der Waals surface area contributed by atoms with Crippen LogP contribution in [-0.4, -0.2) is 5.01 Å². The van der Waals surface area contributed by atoms with Crippen molar-refractivity contribution in [1.29, 1.82) is 0 Å². The maximum Gasteiger partial charge on any atom is 0.0668 e. The van der Waals surface area contributed by atoms with Crippen LogP contribution in [0.4, 0.5) is 5.69 Å². The summed E-state index contributed by atoms with van der Waals surface area (Å²) in [6.07, 6.45) is 11.3. The molecule has 1 aliphatic heterocycles. The Hall–Kier alpha value is -3.56. The number of allylic oxidation sites excluding steroid dienone is 1. The van der Waals surface area contributed by atoms with E-state index in [1.54, 1.807) is 0 Å². The molecule has 0 saturated heterocycles. The predicted molar refractivity (Wildman–Crippen MR) is 173 cm³/mol. The monoisotopic (exact) mass is 529 g/mol. The molecule has 206 valence electrons. The highest BCUT2D eigenvalue weighted by Gasteiger charge is 2.24. The van der Waals surface area contributed by atoms with Crippen LogP contribution in [0.3, 0.4) is 0 Å². The van der Waals surface area contributed by atoms with Crippen LogP contribution < -0.4 is 10.5 Å². The molecule has 6 rings (SSSR count). The molecule has 0 amide bonds. The Morgan fingerprint density at radius 1 is 0.675 bits per heavy atom. The molecule has 1 N–H and O–H groups in total. The molecule has 0 atom stereocenters. The number of anilines is 1. The first kappa shape index (κ1) is 26.7. The first-order valence-corrected chi connectivity index (χ1v) is 15.2. The third kappa shape index (κ3) is 5.28. The van der Waals surface area contributed by atoms with Gasteiger partial charge in [0.2, 0.25) is 0 Å². The van der Waals surface area contributed by atoms with Gasteiger partial charge >= 0.3 is 0 Å². The van der Waals surface area contributed by atoms with E-state index in [1.165, 1.54) is 93.4 Å². The molecule has 3 heteroatoms. The second-order valence-corrected chi connectivity index (χ2v) is 12.6. The summed E-state index contributed by atoms with van der Waals surface area (Å²) >= 11 is 0. The SMILES string of the molecule is CCCCCCCCC1=CN(c2ccc3ccc4cccc5ccc2c3c45)NN1Cc1ccc(C(C)(C)C)cc1. The second kappa shape index (κ2) is 11.1. The fourth-order valence-electron chi connectivity index (χ4n) is 6.21. The highest BCUT2D eigenvalue weighted by Crippen LogP contribution is 2.39. The van der Waals surface area contributed by atoms with E-state index in [-0.39, 0.29) is 5.41 Å². The molecular weight excluding hydrogens is 486 g/mol. The van der Waals surface area contributed by atoms with Crippen LogP contribution in [0, 0.1) is 0 Å². The van der Waals surface area contributed by atoms with E-state index in [4.69, 9.17) is 0 Å². The van der Waals surface area contributed by atoms with Crippen molar-refractivity contribution < 1.29 is 0 Å². The molecule has 1 heterocycles. The third-order valence-corrected chi connectivity index (χ3v) is 8.57. The summed E-state index contributed by atoms with van der Waals surface area (Å²) in [7, 11) is 0. The van der Waals surface area contributed by atoms with Crippen LogP contribution in [0.2, 0.25) is 0 Å². The van der Waals surface area contributed by atoms with Crippen LogP contribution in [0.1, 0.15) is 83.8 Å². The van der Waals surface area contributed by atoms with Gasteiger partial charge < -0.3 is 0 Å². The van der Waals surface area contributed by atoms with Crippen molar-refractivity contribution >= 4 is 38.0 Å². The average Bonchev–Trinajstić information content (AvgIpc) is 3.35. The minimum Gasteiger partial charge on any atom is -0.289 e. The summed E-state index contributed by atoms with van der Waals surface area (Å²) in [5.41, 5.74) is 9.20. The number of nitrogens with zero attached hydrogens (tertiary/aromatic N) is 2. The minimum absolute atomic E-state index is 0.166. The van der Waals surface area contributed by atoms with Gasteiger partial charge in [0, 0.05) is 17.3 Å². The largest absolute Gasteiger partial charge is 0.289 e. The lowest BCUT2D eigenvalue weighted by Gasteiger charge is -2.27. The molecule has 1 aliphatic rings. The van der Waals surface area contributed by atoms with Crippen LogP contribution in [-0.2, 0) is 12.0 Å². The predicted octanol–water partition coefficient (Wildman–Crippen LogP) is 10.2. The first-order chi connectivity index (χ1) is 19.4. The molecule has 0 bridgehead atoms. The van der Waals surface area contributed by atoms with Crippen LogP contribution in [0.15, 0.2) is 90.8 Å². The number of hydrogen-bond acceptors (Lipinski definition) is 3. The zero-order valence-corrected chi connectivity index (χ0v) is 24.6. The topological polar surface area (TPSA) is 18.5 Å². The molecule has 0 spiro atoms. The second-order valence-electron chi connectivity index (χ2n) is 12.6.